The number of rotatable bonds is 10. The lowest BCUT2D eigenvalue weighted by Crippen LogP contribution is -2.24. The summed E-state index contributed by atoms with van der Waals surface area (Å²) in [7, 11) is 0. The van der Waals surface area contributed by atoms with E-state index >= 15 is 0 Å². The highest BCUT2D eigenvalue weighted by molar-refractivity contribution is 6.23. The molecule has 1 unspecified atom stereocenters. The van der Waals surface area contributed by atoms with Crippen molar-refractivity contribution in [3.8, 4) is 33.4 Å². The summed E-state index contributed by atoms with van der Waals surface area (Å²) in [6, 6.07) is 97.6. The molecule has 0 aliphatic heterocycles. The van der Waals surface area contributed by atoms with Crippen molar-refractivity contribution < 1.29 is 0 Å². The Kier molecular flexibility index (Phi) is 11.1. The summed E-state index contributed by atoms with van der Waals surface area (Å²) in [5.74, 6) is 0. The highest BCUT2D eigenvalue weighted by Gasteiger charge is 2.29. The minimum Gasteiger partial charge on any atom is -0.311 e. The Bertz CT molecular complexity index is 3970. The van der Waals surface area contributed by atoms with Crippen LogP contribution in [0.2, 0.25) is 0 Å². The second kappa shape index (κ2) is 18.5. The first-order valence-corrected chi connectivity index (χ1v) is 25.4. The number of anilines is 5. The summed E-state index contributed by atoms with van der Waals surface area (Å²) < 4.78 is 0. The highest BCUT2D eigenvalue weighted by Crippen LogP contribution is 2.48. The van der Waals surface area contributed by atoms with Gasteiger partial charge in [0.1, 0.15) is 0 Å². The van der Waals surface area contributed by atoms with Gasteiger partial charge >= 0.3 is 0 Å². The van der Waals surface area contributed by atoms with Crippen molar-refractivity contribution >= 4 is 71.5 Å². The first kappa shape index (κ1) is 43.8. The van der Waals surface area contributed by atoms with Crippen LogP contribution in [-0.4, -0.2) is 0 Å². The van der Waals surface area contributed by atoms with E-state index in [2.05, 4.69) is 302 Å². The standard InChI is InChI=1S/C71H52N2/c1-71(44-42-64(43-45-71)73(61-26-10-4-11-27-61)62-28-12-5-13-29-62)58-37-41-66-68(49-58)70(57-33-31-51-19-15-17-21-54(51)47-57)65-40-36-55(48-67(65)69(66)56-32-30-50-18-14-16-20-53(50)46-56)52-34-38-63(39-35-52)72(59-22-6-2-7-23-59)60-24-8-3-9-25-60/h2-44,46-49H,45H2,1H3. The van der Waals surface area contributed by atoms with Gasteiger partial charge in [0, 0.05) is 39.5 Å². The van der Waals surface area contributed by atoms with Crippen LogP contribution in [0.5, 0.6) is 0 Å². The van der Waals surface area contributed by atoms with E-state index in [1.54, 1.807) is 0 Å². The van der Waals surface area contributed by atoms with E-state index in [-0.39, 0.29) is 5.41 Å². The van der Waals surface area contributed by atoms with Crippen molar-refractivity contribution in [2.24, 2.45) is 0 Å². The highest BCUT2D eigenvalue weighted by atomic mass is 15.1. The van der Waals surface area contributed by atoms with Gasteiger partial charge in [-0.25, -0.2) is 0 Å². The Morgan fingerprint density at radius 2 is 0.726 bits per heavy atom. The normalized spacial score (nSPS) is 14.4. The fourth-order valence-corrected chi connectivity index (χ4v) is 11.2. The maximum absolute atomic E-state index is 2.51. The van der Waals surface area contributed by atoms with Gasteiger partial charge in [0.25, 0.3) is 0 Å². The van der Waals surface area contributed by atoms with Crippen LogP contribution in [0, 0.1) is 0 Å². The molecule has 0 fully saturated rings. The van der Waals surface area contributed by atoms with Gasteiger partial charge in [0.05, 0.1) is 0 Å². The fraction of sp³-hybridized carbons (Fsp3) is 0.0423. The minimum atomic E-state index is -0.248. The predicted molar refractivity (Wildman–Crippen MR) is 312 cm³/mol. The molecule has 2 nitrogen and oxygen atoms in total. The lowest BCUT2D eigenvalue weighted by Gasteiger charge is -2.33. The molecule has 0 bridgehead atoms. The average molecular weight is 933 g/mol. The molecule has 0 radical (unpaired) electrons. The first-order chi connectivity index (χ1) is 36.0. The maximum atomic E-state index is 2.51. The molecule has 0 amide bonds. The van der Waals surface area contributed by atoms with Crippen LogP contribution in [0.15, 0.2) is 291 Å². The summed E-state index contributed by atoms with van der Waals surface area (Å²) in [5.41, 5.74) is 15.1. The summed E-state index contributed by atoms with van der Waals surface area (Å²) in [6.45, 7) is 2.39. The molecule has 0 aromatic heterocycles. The van der Waals surface area contributed by atoms with Crippen molar-refractivity contribution in [2.75, 3.05) is 9.80 Å². The van der Waals surface area contributed by atoms with Crippen molar-refractivity contribution in [1.82, 2.24) is 0 Å². The molecule has 12 aromatic rings. The van der Waals surface area contributed by atoms with Gasteiger partial charge in [-0.3, -0.25) is 0 Å². The number of fused-ring (bicyclic) bond motifs is 4. The van der Waals surface area contributed by atoms with E-state index in [0.29, 0.717) is 0 Å². The number of nitrogens with zero attached hydrogens (tertiary/aromatic N) is 2. The van der Waals surface area contributed by atoms with E-state index < -0.39 is 0 Å². The number of hydrogen-bond donors (Lipinski definition) is 0. The minimum absolute atomic E-state index is 0.248. The predicted octanol–water partition coefficient (Wildman–Crippen LogP) is 19.7. The first-order valence-electron chi connectivity index (χ1n) is 25.4. The Morgan fingerprint density at radius 1 is 0.315 bits per heavy atom. The summed E-state index contributed by atoms with van der Waals surface area (Å²) in [5, 5.41) is 9.88. The van der Waals surface area contributed by atoms with E-state index in [9.17, 15) is 0 Å². The third-order valence-electron chi connectivity index (χ3n) is 15.0. The monoisotopic (exact) mass is 932 g/mol. The maximum Gasteiger partial charge on any atom is 0.0462 e. The van der Waals surface area contributed by atoms with E-state index in [0.717, 1.165) is 34.9 Å². The summed E-state index contributed by atoms with van der Waals surface area (Å²) >= 11 is 0. The molecule has 0 N–H and O–H groups in total. The Labute approximate surface area is 427 Å². The molecule has 73 heavy (non-hydrogen) atoms. The molecule has 1 aliphatic rings. The quantitative estimate of drug-likeness (QED) is 0.126. The zero-order chi connectivity index (χ0) is 48.7. The van der Waals surface area contributed by atoms with Gasteiger partial charge < -0.3 is 9.80 Å². The molecule has 0 heterocycles. The van der Waals surface area contributed by atoms with Crippen LogP contribution in [0.25, 0.3) is 76.5 Å². The van der Waals surface area contributed by atoms with Crippen LogP contribution in [0.3, 0.4) is 0 Å². The smallest absolute Gasteiger partial charge is 0.0462 e. The Hall–Kier alpha value is -9.24. The van der Waals surface area contributed by atoms with Gasteiger partial charge in [-0.05, 0) is 179 Å². The van der Waals surface area contributed by atoms with E-state index in [4.69, 9.17) is 0 Å². The van der Waals surface area contributed by atoms with Crippen LogP contribution in [-0.2, 0) is 5.41 Å². The molecule has 2 heteroatoms. The molecule has 346 valence electrons. The third kappa shape index (κ3) is 8.14. The third-order valence-corrected chi connectivity index (χ3v) is 15.0. The lowest BCUT2D eigenvalue weighted by molar-refractivity contribution is 0.596. The number of allylic oxidation sites excluding steroid dienone is 3. The molecular formula is C71H52N2. The van der Waals surface area contributed by atoms with Gasteiger partial charge in [-0.1, -0.05) is 201 Å². The second-order valence-electron chi connectivity index (χ2n) is 19.5. The fourth-order valence-electron chi connectivity index (χ4n) is 11.2. The zero-order valence-corrected chi connectivity index (χ0v) is 40.7. The van der Waals surface area contributed by atoms with E-state index in [1.165, 1.54) is 87.7 Å². The summed E-state index contributed by atoms with van der Waals surface area (Å²) in [6.07, 6.45) is 8.03. The van der Waals surface area contributed by atoms with Crippen LogP contribution >= 0.6 is 0 Å². The van der Waals surface area contributed by atoms with Crippen molar-refractivity contribution in [3.05, 3.63) is 296 Å². The molecule has 0 saturated heterocycles. The number of para-hydroxylation sites is 4. The van der Waals surface area contributed by atoms with E-state index in [1.807, 2.05) is 0 Å². The van der Waals surface area contributed by atoms with Crippen molar-refractivity contribution in [3.63, 3.8) is 0 Å². The Morgan fingerprint density at radius 3 is 1.22 bits per heavy atom. The van der Waals surface area contributed by atoms with Crippen LogP contribution in [0.1, 0.15) is 18.9 Å². The van der Waals surface area contributed by atoms with Crippen LogP contribution < -0.4 is 9.80 Å². The molecular weight excluding hydrogens is 881 g/mol. The second-order valence-corrected chi connectivity index (χ2v) is 19.5. The lowest BCUT2D eigenvalue weighted by atomic mass is 9.75. The number of hydrogen-bond acceptors (Lipinski definition) is 2. The Balaban J connectivity index is 0.995. The topological polar surface area (TPSA) is 6.48 Å². The van der Waals surface area contributed by atoms with Crippen molar-refractivity contribution in [2.45, 2.75) is 18.8 Å². The SMILES string of the molecule is CC1(c2ccc3c(-c4ccc5ccccc5c4)c4cc(-c5ccc(N(c6ccccc6)c6ccccc6)cc5)ccc4c(-c4ccc5ccccc5c4)c3c2)C=CC(N(c2ccccc2)c2ccccc2)=CC1. The van der Waals surface area contributed by atoms with Crippen LogP contribution in [0.4, 0.5) is 28.4 Å². The summed E-state index contributed by atoms with van der Waals surface area (Å²) in [4.78, 5) is 4.68. The molecule has 12 aromatic carbocycles. The molecule has 0 spiro atoms. The van der Waals surface area contributed by atoms with Crippen molar-refractivity contribution in [1.29, 1.82) is 0 Å². The molecule has 0 saturated carbocycles. The van der Waals surface area contributed by atoms with Gasteiger partial charge in [-0.2, -0.15) is 0 Å². The van der Waals surface area contributed by atoms with Gasteiger partial charge in [0.2, 0.25) is 0 Å². The zero-order valence-electron chi connectivity index (χ0n) is 40.7. The van der Waals surface area contributed by atoms with Gasteiger partial charge in [0.15, 0.2) is 0 Å². The molecule has 1 atom stereocenters. The molecule has 13 rings (SSSR count). The average Bonchev–Trinajstić information content (AvgIpc) is 3.46. The largest absolute Gasteiger partial charge is 0.311 e. The van der Waals surface area contributed by atoms with Gasteiger partial charge in [-0.15, -0.1) is 0 Å². The number of benzene rings is 12. The molecule has 1 aliphatic carbocycles.